The molecule has 3 rings (SSSR count). The molecule has 2 atom stereocenters. The summed E-state index contributed by atoms with van der Waals surface area (Å²) in [7, 11) is 1.64. The number of aromatic nitrogens is 2. The van der Waals surface area contributed by atoms with E-state index in [9.17, 15) is 4.79 Å². The van der Waals surface area contributed by atoms with Gasteiger partial charge in [0.15, 0.2) is 0 Å². The van der Waals surface area contributed by atoms with Crippen molar-refractivity contribution < 1.29 is 14.3 Å². The molecule has 1 aliphatic heterocycles. The molecule has 2 aromatic rings. The zero-order valence-electron chi connectivity index (χ0n) is 14.8. The fourth-order valence-electron chi connectivity index (χ4n) is 3.24. The molecular formula is C19H25N3O3. The molecule has 1 saturated heterocycles. The molecule has 0 aliphatic carbocycles. The standard InChI is InChI=1S/C19H25N3O3/c1-14(25-13-15-5-3-7-17(11-15)24-2)19(23)22-10-4-6-16(12-22)18-8-9-20-21-18/h3,5,7-9,11,14,16H,4,6,10,12-13H2,1-2H3,(H,20,21)/t14-,16-/m0/s1. The van der Waals surface area contributed by atoms with Gasteiger partial charge in [-0.1, -0.05) is 12.1 Å². The molecule has 25 heavy (non-hydrogen) atoms. The first-order valence-electron chi connectivity index (χ1n) is 8.70. The number of hydrogen-bond acceptors (Lipinski definition) is 4. The smallest absolute Gasteiger partial charge is 0.251 e. The third-order valence-corrected chi connectivity index (χ3v) is 4.68. The fraction of sp³-hybridized carbons (Fsp3) is 0.474. The highest BCUT2D eigenvalue weighted by atomic mass is 16.5. The summed E-state index contributed by atoms with van der Waals surface area (Å²) in [6.45, 7) is 3.72. The summed E-state index contributed by atoms with van der Waals surface area (Å²) in [6, 6.07) is 9.69. The number of aromatic amines is 1. The molecule has 1 aromatic heterocycles. The van der Waals surface area contributed by atoms with E-state index < -0.39 is 6.10 Å². The van der Waals surface area contributed by atoms with Gasteiger partial charge in [-0.2, -0.15) is 5.10 Å². The highest BCUT2D eigenvalue weighted by Crippen LogP contribution is 2.26. The van der Waals surface area contributed by atoms with Gasteiger partial charge in [-0.3, -0.25) is 9.89 Å². The Morgan fingerprint density at radius 3 is 3.08 bits per heavy atom. The Morgan fingerprint density at radius 1 is 1.44 bits per heavy atom. The topological polar surface area (TPSA) is 67.5 Å². The zero-order chi connectivity index (χ0) is 17.6. The number of nitrogens with one attached hydrogen (secondary N) is 1. The van der Waals surface area contributed by atoms with Gasteiger partial charge in [-0.15, -0.1) is 0 Å². The summed E-state index contributed by atoms with van der Waals surface area (Å²) in [4.78, 5) is 14.6. The van der Waals surface area contributed by atoms with E-state index in [0.717, 1.165) is 36.4 Å². The highest BCUT2D eigenvalue weighted by molar-refractivity contribution is 5.80. The maximum Gasteiger partial charge on any atom is 0.251 e. The molecule has 134 valence electrons. The Balaban J connectivity index is 1.54. The fourth-order valence-corrected chi connectivity index (χ4v) is 3.24. The number of amides is 1. The Bertz CT molecular complexity index is 687. The molecule has 0 bridgehead atoms. The first-order chi connectivity index (χ1) is 12.2. The van der Waals surface area contributed by atoms with Crippen LogP contribution in [-0.2, 0) is 16.1 Å². The third kappa shape index (κ3) is 4.39. The molecule has 0 radical (unpaired) electrons. The lowest BCUT2D eigenvalue weighted by molar-refractivity contribution is -0.144. The van der Waals surface area contributed by atoms with Crippen LogP contribution in [0.3, 0.4) is 0 Å². The van der Waals surface area contributed by atoms with Crippen molar-refractivity contribution >= 4 is 5.91 Å². The van der Waals surface area contributed by atoms with Gasteiger partial charge in [0.25, 0.3) is 5.91 Å². The Morgan fingerprint density at radius 2 is 2.32 bits per heavy atom. The van der Waals surface area contributed by atoms with Crippen molar-refractivity contribution in [1.82, 2.24) is 15.1 Å². The van der Waals surface area contributed by atoms with Gasteiger partial charge in [0.1, 0.15) is 11.9 Å². The molecule has 1 aliphatic rings. The maximum atomic E-state index is 12.7. The van der Waals surface area contributed by atoms with Gasteiger partial charge >= 0.3 is 0 Å². The predicted molar refractivity (Wildman–Crippen MR) is 94.4 cm³/mol. The van der Waals surface area contributed by atoms with Crippen molar-refractivity contribution in [2.45, 2.75) is 38.4 Å². The SMILES string of the molecule is COc1cccc(CO[C@@H](C)C(=O)N2CCC[C@H](c3ccn[nH]3)C2)c1. The minimum Gasteiger partial charge on any atom is -0.497 e. The molecule has 1 aromatic carbocycles. The molecule has 0 spiro atoms. The third-order valence-electron chi connectivity index (χ3n) is 4.68. The van der Waals surface area contributed by atoms with E-state index in [1.54, 1.807) is 13.3 Å². The van der Waals surface area contributed by atoms with Crippen molar-refractivity contribution in [3.8, 4) is 5.75 Å². The second kappa shape index (κ2) is 8.16. The van der Waals surface area contributed by atoms with Crippen molar-refractivity contribution in [1.29, 1.82) is 0 Å². The second-order valence-electron chi connectivity index (χ2n) is 6.44. The van der Waals surface area contributed by atoms with Gasteiger partial charge < -0.3 is 14.4 Å². The molecule has 2 heterocycles. The number of benzene rings is 1. The summed E-state index contributed by atoms with van der Waals surface area (Å²) >= 11 is 0. The Kier molecular flexibility index (Phi) is 5.71. The van der Waals surface area contributed by atoms with Crippen LogP contribution in [0.1, 0.15) is 36.9 Å². The monoisotopic (exact) mass is 343 g/mol. The minimum absolute atomic E-state index is 0.0483. The second-order valence-corrected chi connectivity index (χ2v) is 6.44. The van der Waals surface area contributed by atoms with Gasteiger partial charge in [-0.05, 0) is 43.5 Å². The van der Waals surface area contributed by atoms with Crippen LogP contribution >= 0.6 is 0 Å². The lowest BCUT2D eigenvalue weighted by Crippen LogP contribution is -2.44. The molecule has 0 unspecified atom stereocenters. The largest absolute Gasteiger partial charge is 0.497 e. The van der Waals surface area contributed by atoms with Crippen LogP contribution in [0.5, 0.6) is 5.75 Å². The van der Waals surface area contributed by atoms with Gasteiger partial charge in [0, 0.05) is 30.9 Å². The van der Waals surface area contributed by atoms with E-state index in [-0.39, 0.29) is 5.91 Å². The van der Waals surface area contributed by atoms with Gasteiger partial charge in [-0.25, -0.2) is 0 Å². The maximum absolute atomic E-state index is 12.7. The number of nitrogens with zero attached hydrogens (tertiary/aromatic N) is 2. The molecular weight excluding hydrogens is 318 g/mol. The number of carbonyl (C=O) groups excluding carboxylic acids is 1. The summed E-state index contributed by atoms with van der Waals surface area (Å²) in [6.07, 6.45) is 3.37. The molecule has 6 nitrogen and oxygen atoms in total. The van der Waals surface area contributed by atoms with E-state index in [4.69, 9.17) is 9.47 Å². The van der Waals surface area contributed by atoms with E-state index in [2.05, 4.69) is 10.2 Å². The first-order valence-corrected chi connectivity index (χ1v) is 8.70. The normalized spacial score (nSPS) is 18.8. The molecule has 6 heteroatoms. The van der Waals surface area contributed by atoms with Crippen molar-refractivity contribution in [3.63, 3.8) is 0 Å². The van der Waals surface area contributed by atoms with E-state index in [1.165, 1.54) is 0 Å². The number of carbonyl (C=O) groups is 1. The predicted octanol–water partition coefficient (Wildman–Crippen LogP) is 2.73. The summed E-state index contributed by atoms with van der Waals surface area (Å²) < 4.78 is 11.0. The van der Waals surface area contributed by atoms with Crippen LogP contribution in [0.15, 0.2) is 36.5 Å². The van der Waals surface area contributed by atoms with Crippen LogP contribution in [0, 0.1) is 0 Å². The minimum atomic E-state index is -0.466. The highest BCUT2D eigenvalue weighted by Gasteiger charge is 2.28. The number of methoxy groups -OCH3 is 1. The summed E-state index contributed by atoms with van der Waals surface area (Å²) in [5, 5.41) is 7.04. The van der Waals surface area contributed by atoms with Crippen molar-refractivity contribution in [2.24, 2.45) is 0 Å². The quantitative estimate of drug-likeness (QED) is 0.876. The van der Waals surface area contributed by atoms with Crippen LogP contribution in [0.2, 0.25) is 0 Å². The first kappa shape index (κ1) is 17.5. The molecule has 0 saturated carbocycles. The van der Waals surface area contributed by atoms with Crippen molar-refractivity contribution in [2.75, 3.05) is 20.2 Å². The van der Waals surface area contributed by atoms with Gasteiger partial charge in [0.05, 0.1) is 13.7 Å². The van der Waals surface area contributed by atoms with Gasteiger partial charge in [0.2, 0.25) is 0 Å². The number of likely N-dealkylation sites (tertiary alicyclic amines) is 1. The lowest BCUT2D eigenvalue weighted by atomic mass is 9.94. The van der Waals surface area contributed by atoms with E-state index in [0.29, 0.717) is 19.1 Å². The van der Waals surface area contributed by atoms with E-state index >= 15 is 0 Å². The number of ether oxygens (including phenoxy) is 2. The number of rotatable bonds is 6. The Labute approximate surface area is 148 Å². The lowest BCUT2D eigenvalue weighted by Gasteiger charge is -2.33. The Hall–Kier alpha value is -2.34. The van der Waals surface area contributed by atoms with Crippen LogP contribution in [0.4, 0.5) is 0 Å². The number of H-pyrrole nitrogens is 1. The van der Waals surface area contributed by atoms with Crippen LogP contribution in [-0.4, -0.2) is 47.3 Å². The average molecular weight is 343 g/mol. The molecule has 1 fully saturated rings. The van der Waals surface area contributed by atoms with Crippen LogP contribution in [0.25, 0.3) is 0 Å². The number of hydrogen-bond donors (Lipinski definition) is 1. The average Bonchev–Trinajstić information content (AvgIpc) is 3.20. The number of piperidine rings is 1. The van der Waals surface area contributed by atoms with Crippen LogP contribution < -0.4 is 4.74 Å². The van der Waals surface area contributed by atoms with Crippen molar-refractivity contribution in [3.05, 3.63) is 47.8 Å². The molecule has 1 N–H and O–H groups in total. The summed E-state index contributed by atoms with van der Waals surface area (Å²) in [5.41, 5.74) is 2.09. The zero-order valence-corrected chi connectivity index (χ0v) is 14.8. The molecule has 1 amide bonds. The van der Waals surface area contributed by atoms with E-state index in [1.807, 2.05) is 42.2 Å². The summed E-state index contributed by atoms with van der Waals surface area (Å²) in [5.74, 6) is 1.16.